The highest BCUT2D eigenvalue weighted by atomic mass is 127. The molecule has 0 spiro atoms. The molecule has 3 saturated heterocycles. The summed E-state index contributed by atoms with van der Waals surface area (Å²) in [6, 6.07) is 0. The molecule has 0 aromatic carbocycles. The third kappa shape index (κ3) is 1.78. The van der Waals surface area contributed by atoms with E-state index in [4.69, 9.17) is 9.47 Å². The molecule has 17 heavy (non-hydrogen) atoms. The van der Waals surface area contributed by atoms with Crippen molar-refractivity contribution in [1.82, 2.24) is 0 Å². The molecular weight excluding hydrogens is 355 g/mol. The highest BCUT2D eigenvalue weighted by molar-refractivity contribution is 14.1. The fraction of sp³-hybridized carbons (Fsp3) is 0.818. The van der Waals surface area contributed by atoms with E-state index in [1.807, 2.05) is 6.92 Å². The zero-order valence-corrected chi connectivity index (χ0v) is 12.3. The minimum Gasteiger partial charge on any atom is -0.457 e. The summed E-state index contributed by atoms with van der Waals surface area (Å²) in [5, 5.41) is 0.477. The van der Waals surface area contributed by atoms with Crippen molar-refractivity contribution < 1.29 is 19.1 Å². The highest BCUT2D eigenvalue weighted by Crippen LogP contribution is 2.55. The van der Waals surface area contributed by atoms with Crippen LogP contribution >= 0.6 is 34.4 Å². The molecule has 3 aliphatic heterocycles. The molecule has 3 rings (SSSR count). The Bertz CT molecular complexity index is 374. The maximum Gasteiger partial charge on any atom is 0.319 e. The van der Waals surface area contributed by atoms with Gasteiger partial charge < -0.3 is 9.47 Å². The van der Waals surface area contributed by atoms with E-state index in [0.29, 0.717) is 0 Å². The number of rotatable bonds is 3. The van der Waals surface area contributed by atoms with Crippen molar-refractivity contribution in [2.45, 2.75) is 46.4 Å². The lowest BCUT2D eigenvalue weighted by Gasteiger charge is -2.24. The molecule has 0 aromatic heterocycles. The van der Waals surface area contributed by atoms with Gasteiger partial charge in [0.25, 0.3) is 0 Å². The fourth-order valence-electron chi connectivity index (χ4n) is 2.76. The third-order valence-electron chi connectivity index (χ3n) is 3.65. The van der Waals surface area contributed by atoms with E-state index < -0.39 is 0 Å². The summed E-state index contributed by atoms with van der Waals surface area (Å²) in [4.78, 5) is 23.3. The fourth-order valence-corrected chi connectivity index (χ4v) is 4.77. The van der Waals surface area contributed by atoms with Gasteiger partial charge in [0.2, 0.25) is 0 Å². The van der Waals surface area contributed by atoms with Gasteiger partial charge in [-0.1, -0.05) is 29.5 Å². The van der Waals surface area contributed by atoms with Crippen LogP contribution in [0.25, 0.3) is 0 Å². The molecule has 2 bridgehead atoms. The highest BCUT2D eigenvalue weighted by Gasteiger charge is 2.64. The number of halogens is 1. The number of hydrogen-bond donors (Lipinski definition) is 0. The second kappa shape index (κ2) is 4.29. The Labute approximate surface area is 117 Å². The van der Waals surface area contributed by atoms with Crippen LogP contribution in [0.2, 0.25) is 0 Å². The van der Waals surface area contributed by atoms with Gasteiger partial charge in [0.1, 0.15) is 3.92 Å². The lowest BCUT2D eigenvalue weighted by Crippen LogP contribution is -2.41. The van der Waals surface area contributed by atoms with Crippen LogP contribution in [0.1, 0.15) is 19.8 Å². The zero-order chi connectivity index (χ0) is 12.2. The van der Waals surface area contributed by atoms with Gasteiger partial charge in [-0.2, -0.15) is 0 Å². The first-order chi connectivity index (χ1) is 8.11. The Hall–Kier alpha value is 0.0200. The molecule has 3 aliphatic rings. The first kappa shape index (κ1) is 12.1. The molecule has 94 valence electrons. The number of fused-ring (bicyclic) bond motifs is 1. The standard InChI is InChI=1S/C11H13IO4S/c1-2-5(12)11(14)15-7-6-3-4-9(17-6)8(7)16-10(4)13/h4-9H,2-3H2,1H3. The normalized spacial score (nSPS) is 43.6. The summed E-state index contributed by atoms with van der Waals surface area (Å²) >= 11 is 3.85. The molecule has 0 saturated carbocycles. The van der Waals surface area contributed by atoms with Gasteiger partial charge in [0.05, 0.1) is 11.2 Å². The average molecular weight is 368 g/mol. The van der Waals surface area contributed by atoms with Crippen molar-refractivity contribution in [2.24, 2.45) is 5.92 Å². The van der Waals surface area contributed by atoms with Gasteiger partial charge in [0.15, 0.2) is 12.2 Å². The maximum atomic E-state index is 11.8. The first-order valence-corrected chi connectivity index (χ1v) is 8.01. The molecule has 0 aromatic rings. The van der Waals surface area contributed by atoms with Crippen LogP contribution in [0.3, 0.4) is 0 Å². The summed E-state index contributed by atoms with van der Waals surface area (Å²) in [5.41, 5.74) is 0. The van der Waals surface area contributed by atoms with E-state index in [1.165, 1.54) is 0 Å². The van der Waals surface area contributed by atoms with E-state index in [1.54, 1.807) is 11.8 Å². The zero-order valence-electron chi connectivity index (χ0n) is 9.30. The largest absolute Gasteiger partial charge is 0.457 e. The van der Waals surface area contributed by atoms with Crippen LogP contribution in [0, 0.1) is 5.92 Å². The number of hydrogen-bond acceptors (Lipinski definition) is 5. The molecule has 0 radical (unpaired) electrons. The van der Waals surface area contributed by atoms with Gasteiger partial charge in [-0.15, -0.1) is 11.8 Å². The van der Waals surface area contributed by atoms with Crippen LogP contribution in [0.4, 0.5) is 0 Å². The predicted octanol–water partition coefficient (Wildman–Crippen LogP) is 1.54. The van der Waals surface area contributed by atoms with Crippen LogP contribution in [-0.2, 0) is 19.1 Å². The van der Waals surface area contributed by atoms with E-state index in [0.717, 1.165) is 12.8 Å². The Morgan fingerprint density at radius 1 is 1.71 bits per heavy atom. The van der Waals surface area contributed by atoms with Crippen LogP contribution in [0.15, 0.2) is 0 Å². The average Bonchev–Trinajstić information content (AvgIpc) is 2.92. The SMILES string of the molecule is CCC(I)C(=O)OC1C2CC3C(=O)OC1C3S2. The first-order valence-electron chi connectivity index (χ1n) is 5.82. The molecule has 0 N–H and O–H groups in total. The molecule has 3 heterocycles. The Balaban J connectivity index is 1.70. The van der Waals surface area contributed by atoms with E-state index in [9.17, 15) is 9.59 Å². The summed E-state index contributed by atoms with van der Waals surface area (Å²) in [6.07, 6.45) is 1.16. The summed E-state index contributed by atoms with van der Waals surface area (Å²) in [7, 11) is 0. The van der Waals surface area contributed by atoms with E-state index in [2.05, 4.69) is 22.6 Å². The number of carbonyl (C=O) groups is 2. The number of ether oxygens (including phenoxy) is 2. The number of esters is 2. The van der Waals surface area contributed by atoms with Gasteiger partial charge in [0, 0.05) is 5.25 Å². The molecular formula is C11H13IO4S. The maximum absolute atomic E-state index is 11.8. The lowest BCUT2D eigenvalue weighted by atomic mass is 9.88. The monoisotopic (exact) mass is 368 g/mol. The number of carbonyl (C=O) groups excluding carboxylic acids is 2. The van der Waals surface area contributed by atoms with Crippen LogP contribution in [0.5, 0.6) is 0 Å². The Kier molecular flexibility index (Phi) is 3.05. The van der Waals surface area contributed by atoms with Crippen molar-refractivity contribution in [1.29, 1.82) is 0 Å². The summed E-state index contributed by atoms with van der Waals surface area (Å²) < 4.78 is 10.8. The smallest absolute Gasteiger partial charge is 0.319 e. The van der Waals surface area contributed by atoms with Crippen molar-refractivity contribution >= 4 is 46.3 Å². The van der Waals surface area contributed by atoms with Gasteiger partial charge in [-0.05, 0) is 12.8 Å². The Morgan fingerprint density at radius 2 is 2.47 bits per heavy atom. The van der Waals surface area contributed by atoms with Gasteiger partial charge in [-0.25, -0.2) is 0 Å². The predicted molar refractivity (Wildman–Crippen MR) is 71.1 cm³/mol. The van der Waals surface area contributed by atoms with Gasteiger partial charge in [-0.3, -0.25) is 9.59 Å². The van der Waals surface area contributed by atoms with Gasteiger partial charge >= 0.3 is 11.9 Å². The second-order valence-corrected chi connectivity index (χ2v) is 7.59. The van der Waals surface area contributed by atoms with Crippen molar-refractivity contribution in [3.63, 3.8) is 0 Å². The summed E-state index contributed by atoms with van der Waals surface area (Å²) in [6.45, 7) is 1.96. The quantitative estimate of drug-likeness (QED) is 0.430. The van der Waals surface area contributed by atoms with Crippen molar-refractivity contribution in [3.05, 3.63) is 0 Å². The van der Waals surface area contributed by atoms with Crippen LogP contribution in [-0.4, -0.2) is 38.6 Å². The topological polar surface area (TPSA) is 52.6 Å². The minimum absolute atomic E-state index is 0.0477. The molecule has 6 unspecified atom stereocenters. The van der Waals surface area contributed by atoms with Crippen molar-refractivity contribution in [2.75, 3.05) is 0 Å². The second-order valence-electron chi connectivity index (χ2n) is 4.66. The summed E-state index contributed by atoms with van der Waals surface area (Å²) in [5.74, 6) is -0.229. The lowest BCUT2D eigenvalue weighted by molar-refractivity contribution is -0.158. The van der Waals surface area contributed by atoms with Crippen LogP contribution < -0.4 is 0 Å². The number of thioether (sulfide) groups is 1. The van der Waals surface area contributed by atoms with E-state index in [-0.39, 0.29) is 44.5 Å². The molecule has 6 heteroatoms. The van der Waals surface area contributed by atoms with Crippen molar-refractivity contribution in [3.8, 4) is 0 Å². The molecule has 4 nitrogen and oxygen atoms in total. The Morgan fingerprint density at radius 3 is 3.18 bits per heavy atom. The molecule has 0 amide bonds. The minimum atomic E-state index is -0.219. The van der Waals surface area contributed by atoms with E-state index >= 15 is 0 Å². The molecule has 6 atom stereocenters. The molecule has 3 fully saturated rings. The number of alkyl halides is 1. The third-order valence-corrected chi connectivity index (χ3v) is 6.76. The molecule has 0 aliphatic carbocycles.